The van der Waals surface area contributed by atoms with E-state index in [2.05, 4.69) is 28.6 Å². The third-order valence-corrected chi connectivity index (χ3v) is 5.61. The van der Waals surface area contributed by atoms with E-state index in [9.17, 15) is 4.79 Å². The molecule has 166 valence electrons. The molecule has 0 atom stereocenters. The molecule has 0 aliphatic carbocycles. The number of nitrogens with two attached hydrogens (primary N) is 1. The second-order valence-corrected chi connectivity index (χ2v) is 7.72. The summed E-state index contributed by atoms with van der Waals surface area (Å²) < 4.78 is 5.18. The van der Waals surface area contributed by atoms with Crippen LogP contribution in [0.4, 0.5) is 0 Å². The predicted molar refractivity (Wildman–Crippen MR) is 124 cm³/mol. The first-order chi connectivity index (χ1) is 15.2. The van der Waals surface area contributed by atoms with Crippen LogP contribution in [0.3, 0.4) is 0 Å². The number of piperidine rings is 1. The topological polar surface area (TPSA) is 76.8 Å². The fraction of sp³-hybridized carbons (Fsp3) is 0.400. The number of carbonyl (C=O) groups excluding carboxylic acids is 1. The molecule has 3 N–H and O–H groups in total. The lowest BCUT2D eigenvalue weighted by Gasteiger charge is -2.31. The number of ether oxygens (including phenoxy) is 1. The highest BCUT2D eigenvalue weighted by atomic mass is 16.6. The summed E-state index contributed by atoms with van der Waals surface area (Å²) in [4.78, 5) is 20.7. The quantitative estimate of drug-likeness (QED) is 0.327. The fourth-order valence-electron chi connectivity index (χ4n) is 3.83. The van der Waals surface area contributed by atoms with E-state index in [1.807, 2.05) is 42.5 Å². The summed E-state index contributed by atoms with van der Waals surface area (Å²) in [5.41, 5.74) is 11.4. The van der Waals surface area contributed by atoms with Gasteiger partial charge in [-0.25, -0.2) is 0 Å². The van der Waals surface area contributed by atoms with E-state index in [4.69, 9.17) is 15.3 Å². The van der Waals surface area contributed by atoms with Crippen molar-refractivity contribution in [1.82, 2.24) is 10.4 Å². The van der Waals surface area contributed by atoms with Gasteiger partial charge in [0.05, 0.1) is 19.4 Å². The molecule has 6 nitrogen and oxygen atoms in total. The Morgan fingerprint density at radius 1 is 1.10 bits per heavy atom. The highest BCUT2D eigenvalue weighted by molar-refractivity contribution is 5.98. The van der Waals surface area contributed by atoms with Gasteiger partial charge >= 0.3 is 0 Å². The summed E-state index contributed by atoms with van der Waals surface area (Å²) in [6, 6.07) is 17.6. The van der Waals surface area contributed by atoms with Crippen LogP contribution in [0.2, 0.25) is 0 Å². The Labute approximate surface area is 185 Å². The molecule has 0 spiro atoms. The molecule has 0 amide bonds. The van der Waals surface area contributed by atoms with Crippen LogP contribution in [0.1, 0.15) is 35.2 Å². The van der Waals surface area contributed by atoms with Gasteiger partial charge in [-0.1, -0.05) is 36.4 Å². The highest BCUT2D eigenvalue weighted by Gasteiger charge is 2.25. The number of hydrogen-bond donors (Lipinski definition) is 2. The van der Waals surface area contributed by atoms with E-state index < -0.39 is 0 Å². The SMILES string of the molecule is COc1ccc(C(=O)C2CCN(CCC=C(NOCCN)c3ccccc3)CC2)cc1. The summed E-state index contributed by atoms with van der Waals surface area (Å²) in [5, 5.41) is 0. The zero-order chi connectivity index (χ0) is 21.9. The second kappa shape index (κ2) is 12.2. The molecule has 1 heterocycles. The van der Waals surface area contributed by atoms with Gasteiger partial charge in [-0.3, -0.25) is 15.1 Å². The smallest absolute Gasteiger partial charge is 0.166 e. The standard InChI is InChI=1S/C25H33N3O3/c1-30-23-11-9-21(10-12-23)25(29)22-13-17-28(18-14-22)16-5-8-24(27-31-19-15-26)20-6-3-2-4-7-20/h2-4,6-12,22,27H,5,13-19,26H2,1H3. The molecule has 3 rings (SSSR count). The van der Waals surface area contributed by atoms with Gasteiger partial charge in [-0.2, -0.15) is 0 Å². The molecule has 2 aromatic rings. The van der Waals surface area contributed by atoms with Gasteiger partial charge in [0.25, 0.3) is 0 Å². The van der Waals surface area contributed by atoms with E-state index in [1.54, 1.807) is 7.11 Å². The van der Waals surface area contributed by atoms with E-state index in [1.165, 1.54) is 0 Å². The molecule has 1 fully saturated rings. The number of carbonyl (C=O) groups is 1. The zero-order valence-corrected chi connectivity index (χ0v) is 18.3. The Bertz CT molecular complexity index is 829. The van der Waals surface area contributed by atoms with Crippen molar-refractivity contribution in [3.8, 4) is 5.75 Å². The van der Waals surface area contributed by atoms with Crippen molar-refractivity contribution in [3.63, 3.8) is 0 Å². The number of hydroxylamine groups is 1. The molecule has 1 saturated heterocycles. The number of nitrogens with zero attached hydrogens (tertiary/aromatic N) is 1. The lowest BCUT2D eigenvalue weighted by Crippen LogP contribution is -2.36. The van der Waals surface area contributed by atoms with Gasteiger partial charge < -0.3 is 15.4 Å². The van der Waals surface area contributed by atoms with E-state index in [0.717, 1.165) is 61.5 Å². The van der Waals surface area contributed by atoms with E-state index >= 15 is 0 Å². The molecule has 0 bridgehead atoms. The third kappa shape index (κ3) is 6.92. The van der Waals surface area contributed by atoms with Crippen LogP contribution in [-0.2, 0) is 4.84 Å². The maximum atomic E-state index is 12.8. The molecule has 31 heavy (non-hydrogen) atoms. The van der Waals surface area contributed by atoms with Crippen LogP contribution in [-0.4, -0.2) is 50.6 Å². The number of rotatable bonds is 11. The van der Waals surface area contributed by atoms with Gasteiger partial charge in [0.2, 0.25) is 0 Å². The summed E-state index contributed by atoms with van der Waals surface area (Å²) in [6.07, 6.45) is 4.87. The van der Waals surface area contributed by atoms with E-state index in [-0.39, 0.29) is 11.7 Å². The average Bonchev–Trinajstić information content (AvgIpc) is 2.84. The predicted octanol–water partition coefficient (Wildman–Crippen LogP) is 3.50. The van der Waals surface area contributed by atoms with Crippen molar-refractivity contribution in [3.05, 3.63) is 71.8 Å². The maximum Gasteiger partial charge on any atom is 0.166 e. The first-order valence-corrected chi connectivity index (χ1v) is 11.0. The van der Waals surface area contributed by atoms with E-state index in [0.29, 0.717) is 13.2 Å². The van der Waals surface area contributed by atoms with Gasteiger partial charge in [-0.05, 0) is 62.2 Å². The van der Waals surface area contributed by atoms with Crippen LogP contribution >= 0.6 is 0 Å². The Morgan fingerprint density at radius 2 is 1.81 bits per heavy atom. The number of nitrogens with one attached hydrogen (secondary N) is 1. The first kappa shape index (κ1) is 23.0. The Kier molecular flexibility index (Phi) is 9.09. The van der Waals surface area contributed by atoms with Gasteiger partial charge in [0, 0.05) is 24.6 Å². The molecule has 1 aliphatic rings. The largest absolute Gasteiger partial charge is 0.497 e. The number of methoxy groups -OCH3 is 1. The van der Waals surface area contributed by atoms with Crippen molar-refractivity contribution in [1.29, 1.82) is 0 Å². The van der Waals surface area contributed by atoms with Crippen LogP contribution in [0.5, 0.6) is 5.75 Å². The molecule has 0 aromatic heterocycles. The number of hydrogen-bond acceptors (Lipinski definition) is 6. The van der Waals surface area contributed by atoms with Crippen molar-refractivity contribution in [2.45, 2.75) is 19.3 Å². The summed E-state index contributed by atoms with van der Waals surface area (Å²) in [7, 11) is 1.63. The van der Waals surface area contributed by atoms with Crippen LogP contribution in [0.25, 0.3) is 5.70 Å². The minimum atomic E-state index is 0.103. The zero-order valence-electron chi connectivity index (χ0n) is 18.3. The lowest BCUT2D eigenvalue weighted by atomic mass is 9.89. The second-order valence-electron chi connectivity index (χ2n) is 7.72. The molecular formula is C25H33N3O3. The molecule has 6 heteroatoms. The molecule has 0 radical (unpaired) electrons. The monoisotopic (exact) mass is 423 g/mol. The number of ketones is 1. The Balaban J connectivity index is 1.48. The van der Waals surface area contributed by atoms with Crippen LogP contribution < -0.4 is 16.0 Å². The van der Waals surface area contributed by atoms with Crippen molar-refractivity contribution >= 4 is 11.5 Å². The van der Waals surface area contributed by atoms with Crippen LogP contribution in [0, 0.1) is 5.92 Å². The Morgan fingerprint density at radius 3 is 2.45 bits per heavy atom. The number of benzene rings is 2. The van der Waals surface area contributed by atoms with Crippen LogP contribution in [0.15, 0.2) is 60.7 Å². The number of Topliss-reactive ketones (excluding diaryl/α,β-unsaturated/α-hetero) is 1. The van der Waals surface area contributed by atoms with Crippen molar-refractivity contribution in [2.75, 3.05) is 39.9 Å². The van der Waals surface area contributed by atoms with Gasteiger partial charge in [0.1, 0.15) is 5.75 Å². The third-order valence-electron chi connectivity index (χ3n) is 5.61. The summed E-state index contributed by atoms with van der Waals surface area (Å²) in [6.45, 7) is 3.77. The number of likely N-dealkylation sites (tertiary alicyclic amines) is 1. The van der Waals surface area contributed by atoms with Crippen molar-refractivity contribution < 1.29 is 14.4 Å². The van der Waals surface area contributed by atoms with Gasteiger partial charge in [0.15, 0.2) is 5.78 Å². The minimum Gasteiger partial charge on any atom is -0.497 e. The normalized spacial score (nSPS) is 15.6. The molecule has 1 aliphatic heterocycles. The first-order valence-electron chi connectivity index (χ1n) is 11.0. The average molecular weight is 424 g/mol. The molecule has 0 unspecified atom stereocenters. The minimum absolute atomic E-state index is 0.103. The molecular weight excluding hydrogens is 390 g/mol. The summed E-state index contributed by atoms with van der Waals surface area (Å²) >= 11 is 0. The fourth-order valence-corrected chi connectivity index (χ4v) is 3.83. The molecule has 0 saturated carbocycles. The molecule has 2 aromatic carbocycles. The highest BCUT2D eigenvalue weighted by Crippen LogP contribution is 2.23. The Hall–Kier alpha value is -2.67. The lowest BCUT2D eigenvalue weighted by molar-refractivity contribution is 0.0835. The maximum absolute atomic E-state index is 12.8. The summed E-state index contributed by atoms with van der Waals surface area (Å²) in [5.74, 6) is 1.12. The van der Waals surface area contributed by atoms with Crippen molar-refractivity contribution in [2.24, 2.45) is 11.7 Å². The van der Waals surface area contributed by atoms with Gasteiger partial charge in [-0.15, -0.1) is 0 Å².